The van der Waals surface area contributed by atoms with Gasteiger partial charge in [0.25, 0.3) is 0 Å². The minimum absolute atomic E-state index is 0.610. The second-order valence-electron chi connectivity index (χ2n) is 5.17. The Morgan fingerprint density at radius 1 is 1.00 bits per heavy atom. The summed E-state index contributed by atoms with van der Waals surface area (Å²) in [4.78, 5) is 4.49. The number of ether oxygens (including phenoxy) is 2. The fourth-order valence-electron chi connectivity index (χ4n) is 2.68. The molecule has 0 bridgehead atoms. The summed E-state index contributed by atoms with van der Waals surface area (Å²) in [6.45, 7) is 0. The second kappa shape index (κ2) is 5.65. The smallest absolute Gasteiger partial charge is 0.171 e. The number of benzene rings is 2. The van der Waals surface area contributed by atoms with Crippen molar-refractivity contribution >= 4 is 28.2 Å². The highest BCUT2D eigenvalue weighted by molar-refractivity contribution is 6.33. The quantitative estimate of drug-likeness (QED) is 0.570. The van der Waals surface area contributed by atoms with E-state index < -0.39 is 0 Å². The third-order valence-corrected chi connectivity index (χ3v) is 4.20. The van der Waals surface area contributed by atoms with Gasteiger partial charge >= 0.3 is 0 Å². The van der Waals surface area contributed by atoms with Gasteiger partial charge in [-0.05, 0) is 18.2 Å². The van der Waals surface area contributed by atoms with Crippen LogP contribution in [0.1, 0.15) is 0 Å². The van der Waals surface area contributed by atoms with E-state index in [1.54, 1.807) is 20.5 Å². The first-order valence-corrected chi connectivity index (χ1v) is 7.61. The molecule has 24 heavy (non-hydrogen) atoms. The first-order valence-electron chi connectivity index (χ1n) is 7.23. The lowest BCUT2D eigenvalue weighted by atomic mass is 10.2. The molecule has 7 heteroatoms. The maximum Gasteiger partial charge on any atom is 0.171 e. The van der Waals surface area contributed by atoms with Crippen molar-refractivity contribution in [3.63, 3.8) is 0 Å². The summed E-state index contributed by atoms with van der Waals surface area (Å²) in [6.07, 6.45) is 1.68. The highest BCUT2D eigenvalue weighted by Crippen LogP contribution is 2.34. The molecule has 2 heterocycles. The van der Waals surface area contributed by atoms with E-state index >= 15 is 0 Å². The zero-order chi connectivity index (χ0) is 16.7. The molecule has 0 aliphatic rings. The van der Waals surface area contributed by atoms with Crippen LogP contribution in [0.4, 0.5) is 0 Å². The first kappa shape index (κ1) is 14.7. The topological polar surface area (TPSA) is 61.5 Å². The predicted molar refractivity (Wildman–Crippen MR) is 91.8 cm³/mol. The summed E-state index contributed by atoms with van der Waals surface area (Å²) in [6, 6.07) is 11.2. The van der Waals surface area contributed by atoms with E-state index in [-0.39, 0.29) is 0 Å². The highest BCUT2D eigenvalue weighted by atomic mass is 35.5. The maximum atomic E-state index is 6.28. The SMILES string of the molecule is COc1cc2ncn3c(-c4ccccc4Cl)nnc3c2cc1OC. The molecule has 0 spiro atoms. The van der Waals surface area contributed by atoms with E-state index in [4.69, 9.17) is 21.1 Å². The van der Waals surface area contributed by atoms with Gasteiger partial charge in [0, 0.05) is 17.0 Å². The monoisotopic (exact) mass is 340 g/mol. The summed E-state index contributed by atoms with van der Waals surface area (Å²) in [5, 5.41) is 10.0. The van der Waals surface area contributed by atoms with Gasteiger partial charge in [-0.1, -0.05) is 23.7 Å². The summed E-state index contributed by atoms with van der Waals surface area (Å²) in [7, 11) is 3.19. The molecule has 0 atom stereocenters. The van der Waals surface area contributed by atoms with Crippen molar-refractivity contribution in [1.82, 2.24) is 19.6 Å². The van der Waals surface area contributed by atoms with Crippen LogP contribution >= 0.6 is 11.6 Å². The van der Waals surface area contributed by atoms with Gasteiger partial charge in [-0.15, -0.1) is 10.2 Å². The van der Waals surface area contributed by atoms with Crippen molar-refractivity contribution in [2.45, 2.75) is 0 Å². The van der Waals surface area contributed by atoms with E-state index in [1.165, 1.54) is 0 Å². The zero-order valence-electron chi connectivity index (χ0n) is 13.0. The van der Waals surface area contributed by atoms with Gasteiger partial charge in [-0.3, -0.25) is 4.40 Å². The fourth-order valence-corrected chi connectivity index (χ4v) is 2.90. The maximum absolute atomic E-state index is 6.28. The molecule has 0 amide bonds. The van der Waals surface area contributed by atoms with Crippen LogP contribution in [0.3, 0.4) is 0 Å². The summed E-state index contributed by atoms with van der Waals surface area (Å²) >= 11 is 6.28. The van der Waals surface area contributed by atoms with Crippen LogP contribution in [0.5, 0.6) is 11.5 Å². The minimum Gasteiger partial charge on any atom is -0.493 e. The van der Waals surface area contributed by atoms with Crippen molar-refractivity contribution in [3.05, 3.63) is 47.7 Å². The molecular formula is C17H13ClN4O2. The molecule has 0 aliphatic carbocycles. The Morgan fingerprint density at radius 2 is 1.75 bits per heavy atom. The van der Waals surface area contributed by atoms with Gasteiger partial charge in [0.2, 0.25) is 0 Å². The summed E-state index contributed by atoms with van der Waals surface area (Å²) in [5.41, 5.74) is 2.22. The zero-order valence-corrected chi connectivity index (χ0v) is 13.8. The van der Waals surface area contributed by atoms with E-state index in [2.05, 4.69) is 15.2 Å². The number of methoxy groups -OCH3 is 2. The molecule has 6 nitrogen and oxygen atoms in total. The molecule has 2 aromatic carbocycles. The molecule has 120 valence electrons. The molecular weight excluding hydrogens is 328 g/mol. The molecule has 4 rings (SSSR count). The Morgan fingerprint density at radius 3 is 2.50 bits per heavy atom. The summed E-state index contributed by atoms with van der Waals surface area (Å²) in [5.74, 6) is 1.87. The normalized spacial score (nSPS) is 11.1. The molecule has 4 aromatic rings. The van der Waals surface area contributed by atoms with Crippen LogP contribution in [-0.2, 0) is 0 Å². The Balaban J connectivity index is 2.02. The molecule has 0 saturated carbocycles. The van der Waals surface area contributed by atoms with Gasteiger partial charge in [0.05, 0.1) is 24.8 Å². The number of aromatic nitrogens is 4. The Bertz CT molecular complexity index is 1060. The Kier molecular flexibility index (Phi) is 3.46. The van der Waals surface area contributed by atoms with Gasteiger partial charge in [0.15, 0.2) is 23.0 Å². The summed E-state index contributed by atoms with van der Waals surface area (Å²) < 4.78 is 12.5. The van der Waals surface area contributed by atoms with E-state index in [9.17, 15) is 0 Å². The fraction of sp³-hybridized carbons (Fsp3) is 0.118. The van der Waals surface area contributed by atoms with Crippen LogP contribution in [0.15, 0.2) is 42.7 Å². The number of hydrogen-bond acceptors (Lipinski definition) is 5. The number of fused-ring (bicyclic) bond motifs is 3. The van der Waals surface area contributed by atoms with Gasteiger partial charge < -0.3 is 9.47 Å². The van der Waals surface area contributed by atoms with Crippen LogP contribution < -0.4 is 9.47 Å². The molecule has 0 saturated heterocycles. The largest absolute Gasteiger partial charge is 0.493 e. The molecule has 0 fully saturated rings. The molecule has 0 radical (unpaired) electrons. The molecule has 0 aliphatic heterocycles. The number of rotatable bonds is 3. The predicted octanol–water partition coefficient (Wildman–Crippen LogP) is 3.62. The van der Waals surface area contributed by atoms with Crippen LogP contribution in [-0.4, -0.2) is 33.8 Å². The lowest BCUT2D eigenvalue weighted by Crippen LogP contribution is -1.95. The number of hydrogen-bond donors (Lipinski definition) is 0. The average molecular weight is 341 g/mol. The third kappa shape index (κ3) is 2.15. The standard InChI is InChI=1S/C17H13ClN4O2/c1-23-14-7-11-13(8-15(14)24-2)19-9-22-16(20-21-17(11)22)10-5-3-4-6-12(10)18/h3-9H,1-2H3. The van der Waals surface area contributed by atoms with Gasteiger partial charge in [0.1, 0.15) is 6.33 Å². The van der Waals surface area contributed by atoms with Crippen molar-refractivity contribution in [2.75, 3.05) is 14.2 Å². The highest BCUT2D eigenvalue weighted by Gasteiger charge is 2.15. The number of nitrogens with zero attached hydrogens (tertiary/aromatic N) is 4. The van der Waals surface area contributed by atoms with Crippen molar-refractivity contribution in [2.24, 2.45) is 0 Å². The lowest BCUT2D eigenvalue weighted by Gasteiger charge is -2.09. The first-order chi connectivity index (χ1) is 11.7. The van der Waals surface area contributed by atoms with Crippen LogP contribution in [0.25, 0.3) is 27.9 Å². The number of halogens is 1. The van der Waals surface area contributed by atoms with Crippen molar-refractivity contribution in [1.29, 1.82) is 0 Å². The van der Waals surface area contributed by atoms with E-state index in [0.717, 1.165) is 16.5 Å². The van der Waals surface area contributed by atoms with Gasteiger partial charge in [-0.25, -0.2) is 4.98 Å². The lowest BCUT2D eigenvalue weighted by molar-refractivity contribution is 0.356. The average Bonchev–Trinajstić information content (AvgIpc) is 3.05. The van der Waals surface area contributed by atoms with E-state index in [0.29, 0.717) is 28.0 Å². The molecule has 2 aromatic heterocycles. The second-order valence-corrected chi connectivity index (χ2v) is 5.57. The van der Waals surface area contributed by atoms with Crippen molar-refractivity contribution in [3.8, 4) is 22.9 Å². The van der Waals surface area contributed by atoms with Gasteiger partial charge in [-0.2, -0.15) is 0 Å². The molecule has 0 N–H and O–H groups in total. The Hall–Kier alpha value is -2.86. The van der Waals surface area contributed by atoms with E-state index in [1.807, 2.05) is 40.8 Å². The minimum atomic E-state index is 0.610. The van der Waals surface area contributed by atoms with Crippen LogP contribution in [0, 0.1) is 0 Å². The Labute approximate surface area is 142 Å². The third-order valence-electron chi connectivity index (χ3n) is 3.87. The van der Waals surface area contributed by atoms with Crippen molar-refractivity contribution < 1.29 is 9.47 Å². The van der Waals surface area contributed by atoms with Crippen LogP contribution in [0.2, 0.25) is 5.02 Å². The molecule has 0 unspecified atom stereocenters.